The number of nitrogens with zero attached hydrogens (tertiary/aromatic N) is 3. The fourth-order valence-electron chi connectivity index (χ4n) is 4.80. The van der Waals surface area contributed by atoms with Crippen LogP contribution in [0.15, 0.2) is 124 Å². The number of aryl methyl sites for hydroxylation is 1. The molecule has 0 unspecified atom stereocenters. The number of para-hydroxylation sites is 1. The van der Waals surface area contributed by atoms with Crippen LogP contribution in [0.4, 0.5) is 11.4 Å². The Morgan fingerprint density at radius 1 is 0.756 bits per heavy atom. The lowest BCUT2D eigenvalue weighted by Gasteiger charge is -2.25. The summed E-state index contributed by atoms with van der Waals surface area (Å²) in [4.78, 5) is 28.2. The van der Waals surface area contributed by atoms with Gasteiger partial charge >= 0.3 is 0 Å². The minimum Gasteiger partial charge on any atom is -0.466 e. The molecule has 4 aromatic carbocycles. The first-order valence-electron chi connectivity index (χ1n) is 13.5. The van der Waals surface area contributed by atoms with Crippen molar-refractivity contribution in [3.05, 3.63) is 125 Å². The highest BCUT2D eigenvalue weighted by Crippen LogP contribution is 2.36. The first-order valence-corrected chi connectivity index (χ1v) is 16.4. The predicted molar refractivity (Wildman–Crippen MR) is 171 cm³/mol. The number of amides is 1. The summed E-state index contributed by atoms with van der Waals surface area (Å²) in [5.74, 6) is -0.898. The molecular formula is C32H29N3O8S2. The minimum absolute atomic E-state index is 0.105. The molecule has 1 heterocycles. The van der Waals surface area contributed by atoms with E-state index in [-0.39, 0.29) is 44.5 Å². The molecule has 45 heavy (non-hydrogen) atoms. The molecule has 0 aliphatic heterocycles. The average Bonchev–Trinajstić information content (AvgIpc) is 3.06. The van der Waals surface area contributed by atoms with Crippen molar-refractivity contribution in [2.24, 2.45) is 7.05 Å². The third-order valence-corrected chi connectivity index (χ3v) is 11.3. The summed E-state index contributed by atoms with van der Waals surface area (Å²) in [7, 11) is -5.13. The van der Waals surface area contributed by atoms with E-state index < -0.39 is 31.5 Å². The third-order valence-electron chi connectivity index (χ3n) is 7.04. The molecule has 0 aliphatic rings. The van der Waals surface area contributed by atoms with Crippen molar-refractivity contribution in [3.8, 4) is 5.75 Å². The number of carbonyl (C=O) groups is 1. The standard InChI is InChI=1S/C32H29N3O8S2/c1-33(23-13-7-4-8-14-23)31(36)29-30(43-22-42-3)27-21-24(19-20-28(27)34(2)32(29)37)35(44(38,39)25-15-9-5-10-16-25)45(40,41)26-17-11-6-12-18-26/h4-21H,22H2,1-3H3. The zero-order valence-corrected chi connectivity index (χ0v) is 26.2. The van der Waals surface area contributed by atoms with E-state index in [1.807, 2.05) is 0 Å². The van der Waals surface area contributed by atoms with Gasteiger partial charge in [-0.05, 0) is 54.6 Å². The minimum atomic E-state index is -4.72. The van der Waals surface area contributed by atoms with Crippen molar-refractivity contribution < 1.29 is 31.1 Å². The predicted octanol–water partition coefficient (Wildman–Crippen LogP) is 4.38. The summed E-state index contributed by atoms with van der Waals surface area (Å²) in [6, 6.07) is 26.9. The van der Waals surface area contributed by atoms with Gasteiger partial charge < -0.3 is 18.9 Å². The number of hydrogen-bond donors (Lipinski definition) is 0. The first-order chi connectivity index (χ1) is 21.5. The summed E-state index contributed by atoms with van der Waals surface area (Å²) in [5, 5.41) is 0.105. The van der Waals surface area contributed by atoms with Crippen molar-refractivity contribution in [3.63, 3.8) is 0 Å². The summed E-state index contributed by atoms with van der Waals surface area (Å²) in [6.07, 6.45) is 0. The number of hydrogen-bond acceptors (Lipinski definition) is 8. The highest BCUT2D eigenvalue weighted by molar-refractivity contribution is 8.10. The van der Waals surface area contributed by atoms with Crippen LogP contribution in [-0.4, -0.2) is 48.3 Å². The smallest absolute Gasteiger partial charge is 0.277 e. The topological polar surface area (TPSA) is 132 Å². The zero-order chi connectivity index (χ0) is 32.4. The lowest BCUT2D eigenvalue weighted by atomic mass is 10.1. The second kappa shape index (κ2) is 12.6. The Morgan fingerprint density at radius 3 is 1.78 bits per heavy atom. The van der Waals surface area contributed by atoms with Gasteiger partial charge in [-0.3, -0.25) is 9.59 Å². The van der Waals surface area contributed by atoms with Gasteiger partial charge in [0.25, 0.3) is 31.5 Å². The fraction of sp³-hybridized carbons (Fsp3) is 0.125. The zero-order valence-electron chi connectivity index (χ0n) is 24.5. The molecule has 0 N–H and O–H groups in total. The van der Waals surface area contributed by atoms with Crippen LogP contribution in [0.25, 0.3) is 10.9 Å². The maximum absolute atomic E-state index is 14.1. The first kappa shape index (κ1) is 31.4. The number of benzene rings is 4. The maximum Gasteiger partial charge on any atom is 0.277 e. The van der Waals surface area contributed by atoms with Crippen LogP contribution in [0.1, 0.15) is 10.4 Å². The molecule has 0 spiro atoms. The lowest BCUT2D eigenvalue weighted by molar-refractivity contribution is 0.0511. The Labute approximate surface area is 260 Å². The van der Waals surface area contributed by atoms with Gasteiger partial charge in [0.05, 0.1) is 21.0 Å². The molecule has 0 bridgehead atoms. The molecule has 13 heteroatoms. The summed E-state index contributed by atoms with van der Waals surface area (Å²) in [6.45, 7) is -0.365. The van der Waals surface area contributed by atoms with E-state index in [0.29, 0.717) is 9.40 Å². The summed E-state index contributed by atoms with van der Waals surface area (Å²) >= 11 is 0. The molecule has 1 aromatic heterocycles. The Bertz CT molecular complexity index is 2070. The van der Waals surface area contributed by atoms with Gasteiger partial charge in [0.15, 0.2) is 6.79 Å². The summed E-state index contributed by atoms with van der Waals surface area (Å²) in [5.41, 5.74) is -0.548. The number of aromatic nitrogens is 1. The van der Waals surface area contributed by atoms with Crippen LogP contribution in [0.3, 0.4) is 0 Å². The molecular weight excluding hydrogens is 618 g/mol. The van der Waals surface area contributed by atoms with Crippen molar-refractivity contribution in [2.45, 2.75) is 9.79 Å². The van der Waals surface area contributed by atoms with Crippen molar-refractivity contribution in [1.82, 2.24) is 4.57 Å². The number of ether oxygens (including phenoxy) is 2. The number of anilines is 2. The molecule has 0 saturated heterocycles. The van der Waals surface area contributed by atoms with Gasteiger partial charge in [0.1, 0.15) is 11.3 Å². The van der Waals surface area contributed by atoms with E-state index in [1.54, 1.807) is 42.5 Å². The molecule has 5 rings (SSSR count). The molecule has 0 radical (unpaired) electrons. The number of fused-ring (bicyclic) bond motifs is 1. The Hall–Kier alpha value is -4.98. The molecule has 5 aromatic rings. The second-order valence-electron chi connectivity index (χ2n) is 9.85. The van der Waals surface area contributed by atoms with Crippen molar-refractivity contribution >= 4 is 48.2 Å². The van der Waals surface area contributed by atoms with Gasteiger partial charge in [0, 0.05) is 32.3 Å². The fourth-order valence-corrected chi connectivity index (χ4v) is 8.51. The van der Waals surface area contributed by atoms with Gasteiger partial charge in [-0.2, -0.15) is 3.71 Å². The van der Waals surface area contributed by atoms with Gasteiger partial charge in [-0.1, -0.05) is 54.6 Å². The molecule has 1 amide bonds. The Kier molecular flexibility index (Phi) is 8.77. The van der Waals surface area contributed by atoms with E-state index in [2.05, 4.69) is 0 Å². The normalized spacial score (nSPS) is 11.7. The third kappa shape index (κ3) is 5.80. The molecule has 0 atom stereocenters. The second-order valence-corrected chi connectivity index (χ2v) is 13.7. The van der Waals surface area contributed by atoms with Crippen LogP contribution in [-0.2, 0) is 31.8 Å². The number of methoxy groups -OCH3 is 1. The average molecular weight is 648 g/mol. The largest absolute Gasteiger partial charge is 0.466 e. The van der Waals surface area contributed by atoms with Crippen LogP contribution >= 0.6 is 0 Å². The number of rotatable bonds is 10. The van der Waals surface area contributed by atoms with Gasteiger partial charge in [-0.15, -0.1) is 0 Å². The molecule has 0 saturated carbocycles. The Balaban J connectivity index is 1.81. The van der Waals surface area contributed by atoms with Crippen LogP contribution < -0.4 is 18.9 Å². The van der Waals surface area contributed by atoms with Gasteiger partial charge in [0.2, 0.25) is 0 Å². The van der Waals surface area contributed by atoms with Crippen LogP contribution in [0.5, 0.6) is 5.75 Å². The maximum atomic E-state index is 14.1. The van der Waals surface area contributed by atoms with E-state index in [1.165, 1.54) is 97.4 Å². The molecule has 0 fully saturated rings. The summed E-state index contributed by atoms with van der Waals surface area (Å²) < 4.78 is 68.7. The monoisotopic (exact) mass is 647 g/mol. The lowest BCUT2D eigenvalue weighted by Crippen LogP contribution is -2.37. The quantitative estimate of drug-likeness (QED) is 0.204. The van der Waals surface area contributed by atoms with E-state index in [9.17, 15) is 26.4 Å². The number of pyridine rings is 1. The molecule has 232 valence electrons. The van der Waals surface area contributed by atoms with E-state index >= 15 is 0 Å². The number of sulfonamides is 2. The Morgan fingerprint density at radius 2 is 1.27 bits per heavy atom. The highest BCUT2D eigenvalue weighted by Gasteiger charge is 2.37. The van der Waals surface area contributed by atoms with Crippen molar-refractivity contribution in [2.75, 3.05) is 29.6 Å². The van der Waals surface area contributed by atoms with Crippen molar-refractivity contribution in [1.29, 1.82) is 0 Å². The highest BCUT2D eigenvalue weighted by atomic mass is 32.3. The van der Waals surface area contributed by atoms with Crippen LogP contribution in [0.2, 0.25) is 0 Å². The van der Waals surface area contributed by atoms with E-state index in [0.717, 1.165) is 0 Å². The number of carbonyl (C=O) groups excluding carboxylic acids is 1. The molecule has 11 nitrogen and oxygen atoms in total. The van der Waals surface area contributed by atoms with Gasteiger partial charge in [-0.25, -0.2) is 16.8 Å². The molecule has 0 aliphatic carbocycles. The SMILES string of the molecule is COCOc1c(C(=O)N(C)c2ccccc2)c(=O)n(C)c2ccc(N(S(=O)(=O)c3ccccc3)S(=O)(=O)c3ccccc3)cc12. The van der Waals surface area contributed by atoms with E-state index in [4.69, 9.17) is 9.47 Å². The van der Waals surface area contributed by atoms with Crippen LogP contribution in [0, 0.1) is 0 Å².